The van der Waals surface area contributed by atoms with Crippen molar-refractivity contribution in [3.05, 3.63) is 23.8 Å². The second-order valence-corrected chi connectivity index (χ2v) is 7.11. The molecule has 0 spiro atoms. The van der Waals surface area contributed by atoms with Crippen molar-refractivity contribution >= 4 is 11.8 Å². The quantitative estimate of drug-likeness (QED) is 0.917. The third kappa shape index (κ3) is 3.49. The minimum absolute atomic E-state index is 0.402. The van der Waals surface area contributed by atoms with Gasteiger partial charge in [-0.25, -0.2) is 0 Å². The molecule has 4 heteroatoms. The molecule has 1 heterocycles. The van der Waals surface area contributed by atoms with Crippen LogP contribution in [0.3, 0.4) is 0 Å². The number of fused-ring (bicyclic) bond motifs is 1. The van der Waals surface area contributed by atoms with Crippen LogP contribution in [0, 0.1) is 0 Å². The smallest absolute Gasteiger partial charge is 0.124 e. The van der Waals surface area contributed by atoms with Gasteiger partial charge in [-0.15, -0.1) is 0 Å². The minimum atomic E-state index is 0.402. The second-order valence-electron chi connectivity index (χ2n) is 5.97. The first-order valence-corrected chi connectivity index (χ1v) is 9.18. The molecule has 0 radical (unpaired) electrons. The van der Waals surface area contributed by atoms with Gasteiger partial charge in [-0.2, -0.15) is 11.8 Å². The zero-order valence-electron chi connectivity index (χ0n) is 12.9. The highest BCUT2D eigenvalue weighted by molar-refractivity contribution is 7.99. The standard InChI is InChI=1S/C17H25NO2S/c1-19-13-5-8-17-15(11-13)16(9-10-20-17)18-12-3-6-14(21-2)7-4-12/h5,8,11-12,14,16,18H,3-4,6-7,9-10H2,1-2H3. The van der Waals surface area contributed by atoms with E-state index < -0.39 is 0 Å². The fourth-order valence-electron chi connectivity index (χ4n) is 3.42. The predicted octanol–water partition coefficient (Wildman–Crippen LogP) is 3.78. The number of benzene rings is 1. The summed E-state index contributed by atoms with van der Waals surface area (Å²) in [6.45, 7) is 0.803. The first kappa shape index (κ1) is 15.0. The molecule has 21 heavy (non-hydrogen) atoms. The van der Waals surface area contributed by atoms with E-state index in [1.165, 1.54) is 31.2 Å². The van der Waals surface area contributed by atoms with E-state index in [0.29, 0.717) is 12.1 Å². The lowest BCUT2D eigenvalue weighted by Gasteiger charge is -2.34. The lowest BCUT2D eigenvalue weighted by molar-refractivity contribution is 0.232. The fourth-order valence-corrected chi connectivity index (χ4v) is 4.17. The molecule has 1 N–H and O–H groups in total. The Bertz CT molecular complexity index is 472. The maximum absolute atomic E-state index is 5.78. The molecule has 1 aliphatic heterocycles. The summed E-state index contributed by atoms with van der Waals surface area (Å²) in [5.41, 5.74) is 1.26. The lowest BCUT2D eigenvalue weighted by Crippen LogP contribution is -2.38. The Morgan fingerprint density at radius 3 is 2.71 bits per heavy atom. The van der Waals surface area contributed by atoms with Crippen LogP contribution in [0.5, 0.6) is 11.5 Å². The topological polar surface area (TPSA) is 30.5 Å². The molecule has 1 aliphatic carbocycles. The Morgan fingerprint density at radius 1 is 1.19 bits per heavy atom. The molecule has 3 nitrogen and oxygen atoms in total. The molecule has 1 atom stereocenters. The van der Waals surface area contributed by atoms with Crippen molar-refractivity contribution in [2.45, 2.75) is 49.4 Å². The highest BCUT2D eigenvalue weighted by Gasteiger charge is 2.27. The van der Waals surface area contributed by atoms with Gasteiger partial charge in [0.2, 0.25) is 0 Å². The van der Waals surface area contributed by atoms with Gasteiger partial charge >= 0.3 is 0 Å². The van der Waals surface area contributed by atoms with E-state index >= 15 is 0 Å². The molecular weight excluding hydrogens is 282 g/mol. The van der Waals surface area contributed by atoms with E-state index in [2.05, 4.69) is 17.6 Å². The average Bonchev–Trinajstić information content (AvgIpc) is 2.55. The summed E-state index contributed by atoms with van der Waals surface area (Å²) in [6, 6.07) is 7.19. The molecule has 2 aliphatic rings. The SMILES string of the molecule is COc1ccc2c(c1)C(NC1CCC(SC)CC1)CCO2. The summed E-state index contributed by atoms with van der Waals surface area (Å²) < 4.78 is 11.1. The van der Waals surface area contributed by atoms with E-state index in [1.54, 1.807) is 7.11 Å². The Kier molecular flexibility index (Phi) is 4.96. The average molecular weight is 307 g/mol. The van der Waals surface area contributed by atoms with Crippen LogP contribution in [0.2, 0.25) is 0 Å². The number of ether oxygens (including phenoxy) is 2. The summed E-state index contributed by atoms with van der Waals surface area (Å²) in [5.74, 6) is 1.93. The maximum atomic E-state index is 5.78. The van der Waals surface area contributed by atoms with Crippen LogP contribution in [0.1, 0.15) is 43.7 Å². The number of nitrogens with one attached hydrogen (secondary N) is 1. The van der Waals surface area contributed by atoms with E-state index in [1.807, 2.05) is 23.9 Å². The third-order valence-electron chi connectivity index (χ3n) is 4.70. The van der Waals surface area contributed by atoms with Crippen LogP contribution in [-0.4, -0.2) is 31.3 Å². The molecule has 0 amide bonds. The largest absolute Gasteiger partial charge is 0.497 e. The minimum Gasteiger partial charge on any atom is -0.497 e. The summed E-state index contributed by atoms with van der Waals surface area (Å²) in [5, 5.41) is 4.73. The molecule has 1 saturated carbocycles. The number of thioether (sulfide) groups is 1. The normalized spacial score (nSPS) is 28.6. The maximum Gasteiger partial charge on any atom is 0.124 e. The van der Waals surface area contributed by atoms with Gasteiger partial charge < -0.3 is 14.8 Å². The first-order chi connectivity index (χ1) is 10.3. The Morgan fingerprint density at radius 2 is 2.00 bits per heavy atom. The summed E-state index contributed by atoms with van der Waals surface area (Å²) in [7, 11) is 1.72. The second kappa shape index (κ2) is 6.93. The van der Waals surface area contributed by atoms with Crippen molar-refractivity contribution in [3.63, 3.8) is 0 Å². The molecular formula is C17H25NO2S. The van der Waals surface area contributed by atoms with Crippen LogP contribution in [0.4, 0.5) is 0 Å². The molecule has 1 unspecified atom stereocenters. The summed E-state index contributed by atoms with van der Waals surface area (Å²) in [4.78, 5) is 0. The van der Waals surface area contributed by atoms with Gasteiger partial charge in [0, 0.05) is 29.3 Å². The number of hydrogen-bond acceptors (Lipinski definition) is 4. The van der Waals surface area contributed by atoms with Crippen molar-refractivity contribution in [2.75, 3.05) is 20.0 Å². The summed E-state index contributed by atoms with van der Waals surface area (Å²) in [6.07, 6.45) is 8.55. The van der Waals surface area contributed by atoms with Crippen LogP contribution in [0.25, 0.3) is 0 Å². The molecule has 1 aromatic carbocycles. The molecule has 3 rings (SSSR count). The van der Waals surface area contributed by atoms with Gasteiger partial charge in [0.25, 0.3) is 0 Å². The van der Waals surface area contributed by atoms with E-state index in [0.717, 1.165) is 29.8 Å². The molecule has 0 aromatic heterocycles. The van der Waals surface area contributed by atoms with Crippen molar-refractivity contribution in [2.24, 2.45) is 0 Å². The molecule has 1 aromatic rings. The lowest BCUT2D eigenvalue weighted by atomic mass is 9.92. The highest BCUT2D eigenvalue weighted by Crippen LogP contribution is 2.36. The van der Waals surface area contributed by atoms with Crippen molar-refractivity contribution in [3.8, 4) is 11.5 Å². The van der Waals surface area contributed by atoms with E-state index in [4.69, 9.17) is 9.47 Å². The van der Waals surface area contributed by atoms with Crippen LogP contribution >= 0.6 is 11.8 Å². The van der Waals surface area contributed by atoms with E-state index in [-0.39, 0.29) is 0 Å². The van der Waals surface area contributed by atoms with Gasteiger partial charge in [0.15, 0.2) is 0 Å². The molecule has 0 bridgehead atoms. The molecule has 0 saturated heterocycles. The predicted molar refractivity (Wildman–Crippen MR) is 88.5 cm³/mol. The van der Waals surface area contributed by atoms with Crippen LogP contribution < -0.4 is 14.8 Å². The zero-order chi connectivity index (χ0) is 14.7. The van der Waals surface area contributed by atoms with Crippen LogP contribution in [-0.2, 0) is 0 Å². The number of hydrogen-bond donors (Lipinski definition) is 1. The van der Waals surface area contributed by atoms with Crippen molar-refractivity contribution < 1.29 is 9.47 Å². The zero-order valence-corrected chi connectivity index (χ0v) is 13.7. The van der Waals surface area contributed by atoms with Gasteiger partial charge in [-0.1, -0.05) is 0 Å². The first-order valence-electron chi connectivity index (χ1n) is 7.89. The van der Waals surface area contributed by atoms with Crippen molar-refractivity contribution in [1.82, 2.24) is 5.32 Å². The van der Waals surface area contributed by atoms with Gasteiger partial charge in [-0.05, 0) is 50.1 Å². The Labute approximate surface area is 131 Å². The fraction of sp³-hybridized carbons (Fsp3) is 0.647. The van der Waals surface area contributed by atoms with Crippen molar-refractivity contribution in [1.29, 1.82) is 0 Å². The van der Waals surface area contributed by atoms with Gasteiger partial charge in [-0.3, -0.25) is 0 Å². The Hall–Kier alpha value is -0.870. The Balaban J connectivity index is 1.67. The van der Waals surface area contributed by atoms with Gasteiger partial charge in [0.05, 0.1) is 13.7 Å². The molecule has 116 valence electrons. The third-order valence-corrected chi connectivity index (χ3v) is 5.84. The summed E-state index contributed by atoms with van der Waals surface area (Å²) >= 11 is 2.02. The van der Waals surface area contributed by atoms with E-state index in [9.17, 15) is 0 Å². The number of methoxy groups -OCH3 is 1. The number of rotatable bonds is 4. The van der Waals surface area contributed by atoms with Gasteiger partial charge in [0.1, 0.15) is 11.5 Å². The van der Waals surface area contributed by atoms with Crippen LogP contribution in [0.15, 0.2) is 18.2 Å². The monoisotopic (exact) mass is 307 g/mol. The highest BCUT2D eigenvalue weighted by atomic mass is 32.2. The molecule has 1 fully saturated rings.